The Morgan fingerprint density at radius 1 is 0.800 bits per heavy atom. The smallest absolute Gasteiger partial charge is 0.270 e. The quantitative estimate of drug-likeness (QED) is 0.288. The molecule has 5 aromatic rings. The summed E-state index contributed by atoms with van der Waals surface area (Å²) in [7, 11) is 0. The minimum Gasteiger partial charge on any atom is -0.340 e. The second kappa shape index (κ2) is 9.95. The van der Waals surface area contributed by atoms with Gasteiger partial charge in [-0.15, -0.1) is 0 Å². The standard InChI is InChI=1S/C29H21ClFN3O/c30-23-16-8-10-18-26(23)34-27(19-25(33-34)22-15-7-9-17-24(22)31)29(35)32-28(20-11-3-1-4-12-20)21-13-5-2-6-14-21/h1-19,28H,(H,32,35). The number of carbonyl (C=O) groups excluding carboxylic acids is 1. The van der Waals surface area contributed by atoms with Crippen LogP contribution in [0.4, 0.5) is 4.39 Å². The fourth-order valence-electron chi connectivity index (χ4n) is 4.01. The van der Waals surface area contributed by atoms with E-state index >= 15 is 0 Å². The first-order valence-corrected chi connectivity index (χ1v) is 11.5. The number of carbonyl (C=O) groups is 1. The van der Waals surface area contributed by atoms with Crippen LogP contribution in [0.15, 0.2) is 115 Å². The molecule has 0 aliphatic carbocycles. The monoisotopic (exact) mass is 481 g/mol. The van der Waals surface area contributed by atoms with E-state index in [4.69, 9.17) is 11.6 Å². The SMILES string of the molecule is O=C(NC(c1ccccc1)c1ccccc1)c1cc(-c2ccccc2F)nn1-c1ccccc1Cl. The zero-order valence-electron chi connectivity index (χ0n) is 18.6. The van der Waals surface area contributed by atoms with Crippen LogP contribution >= 0.6 is 11.6 Å². The molecule has 0 radical (unpaired) electrons. The number of aromatic nitrogens is 2. The molecule has 0 spiro atoms. The van der Waals surface area contributed by atoms with Crippen LogP contribution < -0.4 is 5.32 Å². The topological polar surface area (TPSA) is 46.9 Å². The number of rotatable bonds is 6. The summed E-state index contributed by atoms with van der Waals surface area (Å²) in [4.78, 5) is 13.7. The van der Waals surface area contributed by atoms with E-state index in [-0.39, 0.29) is 11.6 Å². The third kappa shape index (κ3) is 4.72. The van der Waals surface area contributed by atoms with E-state index < -0.39 is 11.9 Å². The number of halogens is 2. The second-order valence-electron chi connectivity index (χ2n) is 7.99. The summed E-state index contributed by atoms with van der Waals surface area (Å²) in [5.74, 6) is -0.785. The fourth-order valence-corrected chi connectivity index (χ4v) is 4.22. The first kappa shape index (κ1) is 22.6. The average molecular weight is 482 g/mol. The van der Waals surface area contributed by atoms with Gasteiger partial charge in [0.1, 0.15) is 11.5 Å². The normalized spacial score (nSPS) is 10.9. The summed E-state index contributed by atoms with van der Waals surface area (Å²) in [5.41, 5.74) is 3.28. The Morgan fingerprint density at radius 2 is 1.37 bits per heavy atom. The number of hydrogen-bond donors (Lipinski definition) is 1. The van der Waals surface area contributed by atoms with Crippen LogP contribution in [0.5, 0.6) is 0 Å². The van der Waals surface area contributed by atoms with Gasteiger partial charge in [-0.1, -0.05) is 96.5 Å². The van der Waals surface area contributed by atoms with Gasteiger partial charge >= 0.3 is 0 Å². The Morgan fingerprint density at radius 3 is 2.00 bits per heavy atom. The maximum atomic E-state index is 14.6. The van der Waals surface area contributed by atoms with Gasteiger partial charge < -0.3 is 5.32 Å². The van der Waals surface area contributed by atoms with E-state index in [1.54, 1.807) is 42.5 Å². The molecule has 6 heteroatoms. The van der Waals surface area contributed by atoms with Crippen molar-refractivity contribution in [3.63, 3.8) is 0 Å². The summed E-state index contributed by atoms with van der Waals surface area (Å²) in [6.07, 6.45) is 0. The number of hydrogen-bond acceptors (Lipinski definition) is 2. The van der Waals surface area contributed by atoms with E-state index in [1.165, 1.54) is 10.7 Å². The molecule has 0 fully saturated rings. The minimum atomic E-state index is -0.422. The molecule has 0 atom stereocenters. The van der Waals surface area contributed by atoms with Crippen molar-refractivity contribution in [2.24, 2.45) is 0 Å². The molecule has 0 saturated carbocycles. The van der Waals surface area contributed by atoms with Gasteiger partial charge in [0.25, 0.3) is 5.91 Å². The first-order chi connectivity index (χ1) is 17.1. The van der Waals surface area contributed by atoms with E-state index in [2.05, 4.69) is 10.4 Å². The Hall–Kier alpha value is -4.22. The van der Waals surface area contributed by atoms with Crippen LogP contribution in [0.2, 0.25) is 5.02 Å². The zero-order valence-corrected chi connectivity index (χ0v) is 19.4. The Balaban J connectivity index is 1.60. The van der Waals surface area contributed by atoms with Crippen LogP contribution in [-0.2, 0) is 0 Å². The molecule has 0 bridgehead atoms. The Kier molecular flexibility index (Phi) is 6.42. The molecule has 172 valence electrons. The molecular weight excluding hydrogens is 461 g/mol. The number of benzene rings is 4. The maximum Gasteiger partial charge on any atom is 0.270 e. The molecule has 0 unspecified atom stereocenters. The van der Waals surface area contributed by atoms with Gasteiger partial charge in [0.2, 0.25) is 0 Å². The van der Waals surface area contributed by atoms with Crippen molar-refractivity contribution in [1.29, 1.82) is 0 Å². The largest absolute Gasteiger partial charge is 0.340 e. The molecule has 1 heterocycles. The molecule has 1 aromatic heterocycles. The molecule has 1 amide bonds. The highest BCUT2D eigenvalue weighted by Crippen LogP contribution is 2.28. The van der Waals surface area contributed by atoms with E-state index in [9.17, 15) is 9.18 Å². The van der Waals surface area contributed by atoms with Crippen molar-refractivity contribution in [1.82, 2.24) is 15.1 Å². The molecular formula is C29H21ClFN3O. The molecule has 4 nitrogen and oxygen atoms in total. The molecule has 35 heavy (non-hydrogen) atoms. The molecule has 0 aliphatic rings. The van der Waals surface area contributed by atoms with Crippen molar-refractivity contribution in [3.8, 4) is 16.9 Å². The summed E-state index contributed by atoms with van der Waals surface area (Å²) >= 11 is 6.45. The van der Waals surface area contributed by atoms with E-state index in [0.29, 0.717) is 22.0 Å². The van der Waals surface area contributed by atoms with Crippen molar-refractivity contribution < 1.29 is 9.18 Å². The molecule has 0 aliphatic heterocycles. The summed E-state index contributed by atoms with van der Waals surface area (Å²) < 4.78 is 16.0. The molecule has 0 saturated heterocycles. The summed E-state index contributed by atoms with van der Waals surface area (Å²) in [6, 6.07) is 34.1. The van der Waals surface area contributed by atoms with Crippen LogP contribution in [-0.4, -0.2) is 15.7 Å². The molecule has 5 rings (SSSR count). The van der Waals surface area contributed by atoms with Gasteiger partial charge in [0, 0.05) is 5.56 Å². The van der Waals surface area contributed by atoms with Crippen LogP contribution in [0, 0.1) is 5.82 Å². The predicted octanol–water partition coefficient (Wildman–Crippen LogP) is 6.85. The highest BCUT2D eigenvalue weighted by molar-refractivity contribution is 6.32. The van der Waals surface area contributed by atoms with Gasteiger partial charge in [-0.3, -0.25) is 4.79 Å². The summed E-state index contributed by atoms with van der Waals surface area (Å²) in [6.45, 7) is 0. The summed E-state index contributed by atoms with van der Waals surface area (Å²) in [5, 5.41) is 8.14. The number of amides is 1. The predicted molar refractivity (Wildman–Crippen MR) is 136 cm³/mol. The van der Waals surface area contributed by atoms with Crippen LogP contribution in [0.25, 0.3) is 16.9 Å². The highest BCUT2D eigenvalue weighted by atomic mass is 35.5. The lowest BCUT2D eigenvalue weighted by atomic mass is 9.98. The Labute approximate surface area is 207 Å². The van der Waals surface area contributed by atoms with Gasteiger partial charge in [0.05, 0.1) is 22.4 Å². The number of nitrogens with zero attached hydrogens (tertiary/aromatic N) is 2. The zero-order chi connectivity index (χ0) is 24.2. The lowest BCUT2D eigenvalue weighted by Gasteiger charge is -2.20. The third-order valence-electron chi connectivity index (χ3n) is 5.71. The first-order valence-electron chi connectivity index (χ1n) is 11.1. The average Bonchev–Trinajstić information content (AvgIpc) is 3.34. The lowest BCUT2D eigenvalue weighted by molar-refractivity contribution is 0.0935. The third-order valence-corrected chi connectivity index (χ3v) is 6.03. The highest BCUT2D eigenvalue weighted by Gasteiger charge is 2.24. The van der Waals surface area contributed by atoms with Crippen molar-refractivity contribution in [3.05, 3.63) is 143 Å². The van der Waals surface area contributed by atoms with E-state index in [1.807, 2.05) is 66.7 Å². The maximum absolute atomic E-state index is 14.6. The number of para-hydroxylation sites is 1. The van der Waals surface area contributed by atoms with Crippen LogP contribution in [0.3, 0.4) is 0 Å². The van der Waals surface area contributed by atoms with Gasteiger partial charge in [0.15, 0.2) is 0 Å². The van der Waals surface area contributed by atoms with Gasteiger partial charge in [-0.25, -0.2) is 9.07 Å². The molecule has 1 N–H and O–H groups in total. The molecule has 4 aromatic carbocycles. The lowest BCUT2D eigenvalue weighted by Crippen LogP contribution is -2.31. The number of nitrogens with one attached hydrogen (secondary N) is 1. The van der Waals surface area contributed by atoms with Gasteiger partial charge in [-0.05, 0) is 41.5 Å². The van der Waals surface area contributed by atoms with E-state index in [0.717, 1.165) is 11.1 Å². The Bertz CT molecular complexity index is 1430. The second-order valence-corrected chi connectivity index (χ2v) is 8.39. The van der Waals surface area contributed by atoms with Crippen LogP contribution in [0.1, 0.15) is 27.7 Å². The van der Waals surface area contributed by atoms with Crippen molar-refractivity contribution in [2.45, 2.75) is 6.04 Å². The minimum absolute atomic E-state index is 0.244. The van der Waals surface area contributed by atoms with Gasteiger partial charge in [-0.2, -0.15) is 5.10 Å². The van der Waals surface area contributed by atoms with Crippen molar-refractivity contribution in [2.75, 3.05) is 0 Å². The fraction of sp³-hybridized carbons (Fsp3) is 0.0345. The van der Waals surface area contributed by atoms with Crippen molar-refractivity contribution >= 4 is 17.5 Å².